The Balaban J connectivity index is 2.56. The van der Waals surface area contributed by atoms with Crippen LogP contribution in [0, 0.1) is 6.92 Å². The van der Waals surface area contributed by atoms with Gasteiger partial charge >= 0.3 is 5.97 Å². The Morgan fingerprint density at radius 2 is 1.85 bits per heavy atom. The van der Waals surface area contributed by atoms with Crippen molar-refractivity contribution < 1.29 is 14.3 Å². The lowest BCUT2D eigenvalue weighted by Crippen LogP contribution is -2.38. The number of carbonyl (C=O) groups is 1. The summed E-state index contributed by atoms with van der Waals surface area (Å²) in [6, 6.07) is 5.39. The van der Waals surface area contributed by atoms with Gasteiger partial charge in [-0.25, -0.2) is 4.39 Å². The van der Waals surface area contributed by atoms with Crippen LogP contribution in [0.15, 0.2) is 18.2 Å². The van der Waals surface area contributed by atoms with Gasteiger partial charge in [-0.05, 0) is 50.3 Å². The van der Waals surface area contributed by atoms with E-state index in [4.69, 9.17) is 0 Å². The summed E-state index contributed by atoms with van der Waals surface area (Å²) in [6.45, 7) is 4.94. The number of carboxylic acids is 1. The Hall–Kier alpha value is -1.38. The van der Waals surface area contributed by atoms with Crippen molar-refractivity contribution in [2.75, 3.05) is 0 Å². The van der Waals surface area contributed by atoms with Crippen LogP contribution in [-0.4, -0.2) is 11.1 Å². The average molecular weight is 278 g/mol. The molecule has 110 valence electrons. The van der Waals surface area contributed by atoms with E-state index < -0.39 is 17.1 Å². The molecule has 0 unspecified atom stereocenters. The van der Waals surface area contributed by atoms with Crippen LogP contribution in [0.25, 0.3) is 0 Å². The highest BCUT2D eigenvalue weighted by Crippen LogP contribution is 2.42. The molecule has 1 aromatic carbocycles. The van der Waals surface area contributed by atoms with E-state index in [1.165, 1.54) is 13.8 Å². The molecule has 1 N–H and O–H groups in total. The van der Waals surface area contributed by atoms with Crippen LogP contribution in [0.1, 0.15) is 62.6 Å². The zero-order valence-electron chi connectivity index (χ0n) is 12.5. The molecule has 1 aliphatic rings. The third-order valence-corrected chi connectivity index (χ3v) is 4.56. The van der Waals surface area contributed by atoms with Crippen LogP contribution < -0.4 is 0 Å². The van der Waals surface area contributed by atoms with E-state index >= 15 is 0 Å². The summed E-state index contributed by atoms with van der Waals surface area (Å²) in [7, 11) is 0. The molecule has 1 aliphatic carbocycles. The monoisotopic (exact) mass is 278 g/mol. The summed E-state index contributed by atoms with van der Waals surface area (Å²) >= 11 is 0. The number of hydrogen-bond donors (Lipinski definition) is 1. The second-order valence-corrected chi connectivity index (χ2v) is 6.45. The van der Waals surface area contributed by atoms with Gasteiger partial charge in [0.25, 0.3) is 0 Å². The van der Waals surface area contributed by atoms with Crippen molar-refractivity contribution in [3.63, 3.8) is 0 Å². The number of aryl methyl sites for hydroxylation is 1. The van der Waals surface area contributed by atoms with Crippen LogP contribution in [0.5, 0.6) is 0 Å². The summed E-state index contributed by atoms with van der Waals surface area (Å²) in [4.78, 5) is 11.9. The van der Waals surface area contributed by atoms with Crippen molar-refractivity contribution in [1.29, 1.82) is 0 Å². The maximum atomic E-state index is 14.2. The SMILES string of the molecule is Cc1ccc(C(C)(C)F)cc1C1(C(=O)O)CCCCC1. The number of halogens is 1. The lowest BCUT2D eigenvalue weighted by Gasteiger charge is -2.35. The van der Waals surface area contributed by atoms with E-state index in [-0.39, 0.29) is 0 Å². The normalized spacial score (nSPS) is 18.8. The number of benzene rings is 1. The fraction of sp³-hybridized carbons (Fsp3) is 0.588. The molecule has 1 fully saturated rings. The second-order valence-electron chi connectivity index (χ2n) is 6.45. The molecule has 2 nitrogen and oxygen atoms in total. The fourth-order valence-corrected chi connectivity index (χ4v) is 3.26. The standard InChI is InChI=1S/C17H23FO2/c1-12-7-8-13(16(2,3)18)11-14(12)17(15(19)20)9-5-4-6-10-17/h7-8,11H,4-6,9-10H2,1-3H3,(H,19,20). The molecule has 0 aromatic heterocycles. The van der Waals surface area contributed by atoms with E-state index in [2.05, 4.69) is 0 Å². The minimum absolute atomic E-state index is 0.560. The maximum Gasteiger partial charge on any atom is 0.314 e. The molecule has 1 aromatic rings. The molecule has 3 heteroatoms. The highest BCUT2D eigenvalue weighted by Gasteiger charge is 2.42. The molecule has 0 heterocycles. The Bertz CT molecular complexity index is 508. The predicted molar refractivity (Wildman–Crippen MR) is 77.7 cm³/mol. The lowest BCUT2D eigenvalue weighted by molar-refractivity contribution is -0.145. The van der Waals surface area contributed by atoms with E-state index in [9.17, 15) is 14.3 Å². The van der Waals surface area contributed by atoms with Crippen molar-refractivity contribution >= 4 is 5.97 Å². The minimum Gasteiger partial charge on any atom is -0.481 e. The van der Waals surface area contributed by atoms with E-state index in [0.29, 0.717) is 18.4 Å². The van der Waals surface area contributed by atoms with Gasteiger partial charge in [0.1, 0.15) is 5.67 Å². The summed E-state index contributed by atoms with van der Waals surface area (Å²) in [5.41, 5.74) is 0.0277. The van der Waals surface area contributed by atoms with Crippen LogP contribution in [0.3, 0.4) is 0 Å². The molecule has 0 radical (unpaired) electrons. The molecule has 0 bridgehead atoms. The van der Waals surface area contributed by atoms with Crippen LogP contribution in [0.4, 0.5) is 4.39 Å². The number of hydrogen-bond acceptors (Lipinski definition) is 1. The van der Waals surface area contributed by atoms with Gasteiger partial charge in [-0.15, -0.1) is 0 Å². The van der Waals surface area contributed by atoms with E-state index in [0.717, 1.165) is 30.4 Å². The van der Waals surface area contributed by atoms with Crippen molar-refractivity contribution in [2.24, 2.45) is 0 Å². The highest BCUT2D eigenvalue weighted by molar-refractivity contribution is 5.82. The third kappa shape index (κ3) is 2.58. The zero-order valence-corrected chi connectivity index (χ0v) is 12.5. The molecule has 1 saturated carbocycles. The number of carboxylic acid groups (broad SMARTS) is 1. The number of rotatable bonds is 3. The molecule has 0 aliphatic heterocycles. The average Bonchev–Trinajstić information content (AvgIpc) is 2.38. The molecular weight excluding hydrogens is 255 g/mol. The number of alkyl halides is 1. The molecule has 20 heavy (non-hydrogen) atoms. The van der Waals surface area contributed by atoms with Crippen LogP contribution in [0.2, 0.25) is 0 Å². The third-order valence-electron chi connectivity index (χ3n) is 4.56. The summed E-state index contributed by atoms with van der Waals surface area (Å²) in [5.74, 6) is -0.769. The van der Waals surface area contributed by atoms with Crippen molar-refractivity contribution in [2.45, 2.75) is 64.0 Å². The Kier molecular flexibility index (Phi) is 3.90. The summed E-state index contributed by atoms with van der Waals surface area (Å²) < 4.78 is 14.2. The largest absolute Gasteiger partial charge is 0.481 e. The van der Waals surface area contributed by atoms with Gasteiger partial charge in [0, 0.05) is 0 Å². The van der Waals surface area contributed by atoms with Gasteiger partial charge in [0.05, 0.1) is 5.41 Å². The summed E-state index contributed by atoms with van der Waals surface area (Å²) in [6.07, 6.45) is 4.24. The van der Waals surface area contributed by atoms with Crippen molar-refractivity contribution in [3.8, 4) is 0 Å². The topological polar surface area (TPSA) is 37.3 Å². The Morgan fingerprint density at radius 1 is 1.25 bits per heavy atom. The Labute approximate surface area is 120 Å². The summed E-state index contributed by atoms with van der Waals surface area (Å²) in [5, 5.41) is 9.77. The molecular formula is C17H23FO2. The first kappa shape index (κ1) is 15.0. The predicted octanol–water partition coefficient (Wildman–Crippen LogP) is 4.49. The van der Waals surface area contributed by atoms with Gasteiger partial charge in [-0.1, -0.05) is 37.5 Å². The lowest BCUT2D eigenvalue weighted by atomic mass is 9.67. The first-order valence-corrected chi connectivity index (χ1v) is 7.31. The maximum absolute atomic E-state index is 14.2. The first-order chi connectivity index (χ1) is 9.27. The quantitative estimate of drug-likeness (QED) is 0.884. The van der Waals surface area contributed by atoms with Crippen LogP contribution in [-0.2, 0) is 15.9 Å². The highest BCUT2D eigenvalue weighted by atomic mass is 19.1. The second kappa shape index (κ2) is 5.19. The van der Waals surface area contributed by atoms with Gasteiger partial charge in [0.2, 0.25) is 0 Å². The van der Waals surface area contributed by atoms with Gasteiger partial charge in [-0.2, -0.15) is 0 Å². The van der Waals surface area contributed by atoms with Crippen molar-refractivity contribution in [3.05, 3.63) is 34.9 Å². The molecule has 2 rings (SSSR count). The van der Waals surface area contributed by atoms with Crippen molar-refractivity contribution in [1.82, 2.24) is 0 Å². The molecule has 0 atom stereocenters. The number of aliphatic carboxylic acids is 1. The molecule has 0 saturated heterocycles. The van der Waals surface area contributed by atoms with Gasteiger partial charge in [0.15, 0.2) is 0 Å². The zero-order chi connectivity index (χ0) is 15.0. The van der Waals surface area contributed by atoms with E-state index in [1.54, 1.807) is 12.1 Å². The minimum atomic E-state index is -1.45. The molecule has 0 amide bonds. The van der Waals surface area contributed by atoms with E-state index in [1.807, 2.05) is 13.0 Å². The van der Waals surface area contributed by atoms with Gasteiger partial charge in [-0.3, -0.25) is 4.79 Å². The molecule has 0 spiro atoms. The Morgan fingerprint density at radius 3 is 2.35 bits per heavy atom. The van der Waals surface area contributed by atoms with Crippen LogP contribution >= 0.6 is 0 Å². The van der Waals surface area contributed by atoms with Gasteiger partial charge < -0.3 is 5.11 Å². The fourth-order valence-electron chi connectivity index (χ4n) is 3.26. The smallest absolute Gasteiger partial charge is 0.314 e. The first-order valence-electron chi connectivity index (χ1n) is 7.31.